The van der Waals surface area contributed by atoms with Crippen molar-refractivity contribution in [1.82, 2.24) is 4.57 Å². The third-order valence-electron chi connectivity index (χ3n) is 16.9. The molecular weight excluding hydrogens is 965 g/mol. The van der Waals surface area contributed by atoms with Gasteiger partial charge in [0.15, 0.2) is 0 Å². The fourth-order valence-corrected chi connectivity index (χ4v) is 13.2. The number of hydrogen-bond donors (Lipinski definition) is 0. The molecule has 0 amide bonds. The molecule has 2 aliphatic carbocycles. The highest BCUT2D eigenvalue weighted by atomic mass is 15.1. The Hall–Kier alpha value is -10.3. The molecule has 2 heteroatoms. The van der Waals surface area contributed by atoms with Gasteiger partial charge < -0.3 is 9.47 Å². The van der Waals surface area contributed by atoms with Crippen LogP contribution in [0.4, 0.5) is 17.1 Å². The smallest absolute Gasteiger partial charge is 0.0541 e. The molecule has 2 aliphatic rings. The second-order valence-corrected chi connectivity index (χ2v) is 21.3. The van der Waals surface area contributed by atoms with Crippen LogP contribution in [0.15, 0.2) is 310 Å². The SMILES string of the molecule is C=C1/C=C\C=C/CC2(c3cc(N(c4cccc(-c5cccc(-c6ccc7c(c6)c6ccccc6n7-c6ccc(-c7ccccc7)cc6)c5)c4)c4ccc(-c5ccccc5)c5ccccc45)ccc31)c1ccccc1-c1ccccc12. The lowest BCUT2D eigenvalue weighted by atomic mass is 9.68. The zero-order valence-corrected chi connectivity index (χ0v) is 44.2. The number of fused-ring (bicyclic) bond motifs is 11. The monoisotopic (exact) mass is 1020 g/mol. The fraction of sp³-hybridized carbons (Fsp3) is 0.0256. The number of anilines is 3. The van der Waals surface area contributed by atoms with E-state index in [-0.39, 0.29) is 0 Å². The Morgan fingerprint density at radius 2 is 0.887 bits per heavy atom. The second-order valence-electron chi connectivity index (χ2n) is 21.3. The lowest BCUT2D eigenvalue weighted by Crippen LogP contribution is -2.28. The number of para-hydroxylation sites is 1. The Balaban J connectivity index is 0.882. The van der Waals surface area contributed by atoms with Gasteiger partial charge in [0.2, 0.25) is 0 Å². The summed E-state index contributed by atoms with van der Waals surface area (Å²) in [5.41, 5.74) is 24.4. The van der Waals surface area contributed by atoms with E-state index in [0.29, 0.717) is 0 Å². The molecule has 1 aromatic heterocycles. The van der Waals surface area contributed by atoms with Crippen molar-refractivity contribution in [3.05, 3.63) is 332 Å². The molecule has 2 nitrogen and oxygen atoms in total. The van der Waals surface area contributed by atoms with Crippen molar-refractivity contribution in [1.29, 1.82) is 0 Å². The molecule has 1 spiro atoms. The summed E-state index contributed by atoms with van der Waals surface area (Å²) in [6.07, 6.45) is 9.64. The minimum absolute atomic E-state index is 0.469. The first kappa shape index (κ1) is 47.0. The fourth-order valence-electron chi connectivity index (χ4n) is 13.2. The van der Waals surface area contributed by atoms with Crippen LogP contribution in [-0.2, 0) is 5.41 Å². The van der Waals surface area contributed by atoms with Crippen LogP contribution >= 0.6 is 0 Å². The largest absolute Gasteiger partial charge is 0.310 e. The molecule has 0 bridgehead atoms. The Morgan fingerprint density at radius 1 is 0.338 bits per heavy atom. The van der Waals surface area contributed by atoms with Crippen LogP contribution in [-0.4, -0.2) is 4.57 Å². The topological polar surface area (TPSA) is 8.17 Å². The second kappa shape index (κ2) is 19.3. The zero-order valence-electron chi connectivity index (χ0n) is 44.2. The lowest BCUT2D eigenvalue weighted by molar-refractivity contribution is 0.643. The van der Waals surface area contributed by atoms with Gasteiger partial charge in [-0.3, -0.25) is 0 Å². The number of hydrogen-bond acceptors (Lipinski definition) is 1. The number of aromatic nitrogens is 1. The molecule has 0 atom stereocenters. The molecule has 1 heterocycles. The average Bonchev–Trinajstić information content (AvgIpc) is 4.24. The number of benzene rings is 12. The number of rotatable bonds is 8. The third-order valence-corrected chi connectivity index (χ3v) is 16.9. The Morgan fingerprint density at radius 3 is 1.64 bits per heavy atom. The summed E-state index contributed by atoms with van der Waals surface area (Å²) in [7, 11) is 0. The van der Waals surface area contributed by atoms with E-state index < -0.39 is 5.41 Å². The molecule has 0 unspecified atom stereocenters. The van der Waals surface area contributed by atoms with E-state index in [9.17, 15) is 0 Å². The van der Waals surface area contributed by atoms with Crippen molar-refractivity contribution >= 4 is 55.2 Å². The van der Waals surface area contributed by atoms with Crippen LogP contribution in [0.2, 0.25) is 0 Å². The molecule has 15 rings (SSSR count). The first-order valence-corrected chi connectivity index (χ1v) is 27.7. The van der Waals surface area contributed by atoms with Crippen LogP contribution in [0.1, 0.15) is 28.7 Å². The molecule has 0 fully saturated rings. The minimum atomic E-state index is -0.469. The lowest BCUT2D eigenvalue weighted by Gasteiger charge is -2.36. The molecule has 376 valence electrons. The molecule has 13 aromatic rings. The average molecular weight is 1020 g/mol. The summed E-state index contributed by atoms with van der Waals surface area (Å²) in [4.78, 5) is 2.49. The third kappa shape index (κ3) is 7.71. The van der Waals surface area contributed by atoms with E-state index in [4.69, 9.17) is 6.58 Å². The number of nitrogens with zero attached hydrogens (tertiary/aromatic N) is 2. The van der Waals surface area contributed by atoms with Crippen molar-refractivity contribution in [2.75, 3.05) is 4.90 Å². The summed E-state index contributed by atoms with van der Waals surface area (Å²) < 4.78 is 2.40. The Labute approximate surface area is 467 Å². The molecule has 0 N–H and O–H groups in total. The van der Waals surface area contributed by atoms with Gasteiger partial charge in [0.1, 0.15) is 0 Å². The van der Waals surface area contributed by atoms with Crippen LogP contribution < -0.4 is 4.90 Å². The van der Waals surface area contributed by atoms with Gasteiger partial charge >= 0.3 is 0 Å². The van der Waals surface area contributed by atoms with Crippen LogP contribution in [0.5, 0.6) is 0 Å². The summed E-state index contributed by atoms with van der Waals surface area (Å²) in [6, 6.07) is 103. The van der Waals surface area contributed by atoms with Gasteiger partial charge in [-0.05, 0) is 162 Å². The maximum absolute atomic E-state index is 4.73. The van der Waals surface area contributed by atoms with Crippen LogP contribution in [0.3, 0.4) is 0 Å². The summed E-state index contributed by atoms with van der Waals surface area (Å²) >= 11 is 0. The van der Waals surface area contributed by atoms with Crippen molar-refractivity contribution in [2.45, 2.75) is 11.8 Å². The van der Waals surface area contributed by atoms with E-state index in [1.807, 2.05) is 0 Å². The van der Waals surface area contributed by atoms with Crippen LogP contribution in [0, 0.1) is 0 Å². The van der Waals surface area contributed by atoms with Crippen molar-refractivity contribution in [2.24, 2.45) is 0 Å². The van der Waals surface area contributed by atoms with Gasteiger partial charge in [-0.15, -0.1) is 0 Å². The normalized spacial score (nSPS) is 14.0. The molecule has 0 saturated heterocycles. The maximum atomic E-state index is 4.73. The summed E-state index contributed by atoms with van der Waals surface area (Å²) in [5.74, 6) is 0. The first-order chi connectivity index (χ1) is 39.6. The van der Waals surface area contributed by atoms with E-state index in [2.05, 4.69) is 313 Å². The quantitative estimate of drug-likeness (QED) is 0.147. The number of allylic oxidation sites excluding steroid dienone is 5. The first-order valence-electron chi connectivity index (χ1n) is 27.7. The van der Waals surface area contributed by atoms with Crippen molar-refractivity contribution in [3.63, 3.8) is 0 Å². The van der Waals surface area contributed by atoms with E-state index >= 15 is 0 Å². The predicted molar refractivity (Wildman–Crippen MR) is 338 cm³/mol. The van der Waals surface area contributed by atoms with E-state index in [1.54, 1.807) is 0 Å². The van der Waals surface area contributed by atoms with Crippen molar-refractivity contribution < 1.29 is 0 Å². The van der Waals surface area contributed by atoms with Gasteiger partial charge in [-0.25, -0.2) is 0 Å². The van der Waals surface area contributed by atoms with Gasteiger partial charge in [0.05, 0.1) is 22.1 Å². The zero-order chi connectivity index (χ0) is 53.2. The maximum Gasteiger partial charge on any atom is 0.0541 e. The van der Waals surface area contributed by atoms with Gasteiger partial charge in [0, 0.05) is 33.2 Å². The summed E-state index contributed by atoms with van der Waals surface area (Å²) in [5, 5.41) is 4.84. The molecule has 80 heavy (non-hydrogen) atoms. The molecule has 0 saturated carbocycles. The molecule has 12 aromatic carbocycles. The highest BCUT2D eigenvalue weighted by Crippen LogP contribution is 2.57. The van der Waals surface area contributed by atoms with E-state index in [1.165, 1.54) is 93.8 Å². The molecule has 0 radical (unpaired) electrons. The summed E-state index contributed by atoms with van der Waals surface area (Å²) in [6.45, 7) is 4.73. The minimum Gasteiger partial charge on any atom is -0.310 e. The van der Waals surface area contributed by atoms with Crippen molar-refractivity contribution in [3.8, 4) is 61.3 Å². The Bertz CT molecular complexity index is 4580. The van der Waals surface area contributed by atoms with Gasteiger partial charge in [-0.1, -0.05) is 243 Å². The standard InChI is InChI=1S/C78H54N2/c1-53-21-5-4-18-48-78(72-35-15-12-31-67(72)68-32-13-16-36-73(68)78)74-52-63(43-44-64(53)74)79(76-47-45-65(56-24-8-3-9-25-56)66-30-10-11-33-69(66)76)62-29-20-28-59(50-62)57-26-19-27-58(49-57)60-40-46-77-71(51-60)70-34-14-17-37-75(70)80(77)61-41-38-55(39-42-61)54-22-6-2-7-23-54/h2-47,49-52H,1,48H2/b18-4-,21-5-. The molecular formula is C78H54N2. The Kier molecular flexibility index (Phi) is 11.3. The molecule has 0 aliphatic heterocycles. The highest BCUT2D eigenvalue weighted by Gasteiger charge is 2.45. The highest BCUT2D eigenvalue weighted by molar-refractivity contribution is 6.11. The van der Waals surface area contributed by atoms with E-state index in [0.717, 1.165) is 51.4 Å². The van der Waals surface area contributed by atoms with Crippen LogP contribution in [0.25, 0.3) is 99.5 Å². The van der Waals surface area contributed by atoms with Gasteiger partial charge in [0.25, 0.3) is 0 Å². The van der Waals surface area contributed by atoms with Gasteiger partial charge in [-0.2, -0.15) is 0 Å². The predicted octanol–water partition coefficient (Wildman–Crippen LogP) is 20.9.